The van der Waals surface area contributed by atoms with Crippen LogP contribution in [0.2, 0.25) is 0 Å². The molecular weight excluding hydrogens is 366 g/mol. The molecule has 0 spiro atoms. The summed E-state index contributed by atoms with van der Waals surface area (Å²) < 4.78 is 52.7. The van der Waals surface area contributed by atoms with Gasteiger partial charge in [0.15, 0.2) is 0 Å². The van der Waals surface area contributed by atoms with Crippen LogP contribution in [0.4, 0.5) is 14.5 Å². The van der Waals surface area contributed by atoms with E-state index in [1.54, 1.807) is 6.07 Å². The van der Waals surface area contributed by atoms with E-state index in [9.17, 15) is 17.2 Å². The lowest BCUT2D eigenvalue weighted by atomic mass is 10.2. The van der Waals surface area contributed by atoms with Crippen LogP contribution < -0.4 is 4.72 Å². The van der Waals surface area contributed by atoms with Gasteiger partial charge in [-0.25, -0.2) is 17.2 Å². The molecule has 1 N–H and O–H groups in total. The normalized spacial score (nSPS) is 11.0. The number of nitrogens with zero attached hydrogens (tertiary/aromatic N) is 1. The second-order valence-corrected chi connectivity index (χ2v) is 6.49. The zero-order valence-electron chi connectivity index (χ0n) is 10.3. The molecule has 2 aromatic carbocycles. The lowest BCUT2D eigenvalue weighted by molar-refractivity contribution is 0.598. The molecule has 0 heterocycles. The van der Waals surface area contributed by atoms with Crippen LogP contribution in [0.1, 0.15) is 5.56 Å². The molecule has 0 amide bonds. The van der Waals surface area contributed by atoms with E-state index in [1.807, 2.05) is 0 Å². The summed E-state index contributed by atoms with van der Waals surface area (Å²) >= 11 is 2.96. The highest BCUT2D eigenvalue weighted by molar-refractivity contribution is 9.10. The molecule has 21 heavy (non-hydrogen) atoms. The Hall–Kier alpha value is -1.98. The highest BCUT2D eigenvalue weighted by Crippen LogP contribution is 2.26. The summed E-state index contributed by atoms with van der Waals surface area (Å²) in [5.74, 6) is -1.25. The Labute approximate surface area is 128 Å². The number of hydrogen-bond donors (Lipinski definition) is 1. The van der Waals surface area contributed by atoms with E-state index in [2.05, 4.69) is 20.7 Å². The summed E-state index contributed by atoms with van der Waals surface area (Å²) in [6, 6.07) is 7.86. The van der Waals surface area contributed by atoms with Crippen LogP contribution in [-0.4, -0.2) is 8.42 Å². The first-order chi connectivity index (χ1) is 9.83. The molecule has 0 atom stereocenters. The summed E-state index contributed by atoms with van der Waals surface area (Å²) in [4.78, 5) is -0.197. The minimum absolute atomic E-state index is 0.0376. The second kappa shape index (κ2) is 5.79. The number of nitriles is 1. The van der Waals surface area contributed by atoms with Crippen molar-refractivity contribution >= 4 is 31.6 Å². The van der Waals surface area contributed by atoms with E-state index in [0.29, 0.717) is 0 Å². The molecule has 0 aromatic heterocycles. The van der Waals surface area contributed by atoms with Crippen LogP contribution in [0.5, 0.6) is 0 Å². The quantitative estimate of drug-likeness (QED) is 0.897. The Morgan fingerprint density at radius 1 is 1.10 bits per heavy atom. The fourth-order valence-electron chi connectivity index (χ4n) is 1.59. The van der Waals surface area contributed by atoms with Crippen LogP contribution in [0, 0.1) is 23.0 Å². The topological polar surface area (TPSA) is 70.0 Å². The van der Waals surface area contributed by atoms with Crippen molar-refractivity contribution in [2.24, 2.45) is 0 Å². The number of rotatable bonds is 3. The molecule has 2 aromatic rings. The summed E-state index contributed by atoms with van der Waals surface area (Å²) in [5, 5.41) is 8.89. The van der Waals surface area contributed by atoms with E-state index in [1.165, 1.54) is 0 Å². The third kappa shape index (κ3) is 3.37. The predicted molar refractivity (Wildman–Crippen MR) is 76.0 cm³/mol. The fourth-order valence-corrected chi connectivity index (χ4v) is 3.72. The third-order valence-electron chi connectivity index (χ3n) is 2.53. The maximum Gasteiger partial charge on any atom is 0.263 e. The van der Waals surface area contributed by atoms with Crippen LogP contribution in [0.15, 0.2) is 45.8 Å². The Balaban J connectivity index is 2.45. The van der Waals surface area contributed by atoms with Gasteiger partial charge in [-0.2, -0.15) is 5.26 Å². The molecule has 108 valence electrons. The smallest absolute Gasteiger partial charge is 0.263 e. The average Bonchev–Trinajstić information content (AvgIpc) is 2.40. The highest BCUT2D eigenvalue weighted by atomic mass is 79.9. The lowest BCUT2D eigenvalue weighted by Crippen LogP contribution is -2.14. The number of nitrogens with one attached hydrogen (secondary N) is 1. The average molecular weight is 373 g/mol. The maximum absolute atomic E-state index is 13.0. The van der Waals surface area contributed by atoms with Gasteiger partial charge < -0.3 is 0 Å². The van der Waals surface area contributed by atoms with Gasteiger partial charge in [-0.05, 0) is 52.3 Å². The molecule has 0 saturated carbocycles. The molecule has 0 aliphatic heterocycles. The highest BCUT2D eigenvalue weighted by Gasteiger charge is 2.19. The van der Waals surface area contributed by atoms with Gasteiger partial charge in [0, 0.05) is 4.47 Å². The zero-order chi connectivity index (χ0) is 15.6. The van der Waals surface area contributed by atoms with Crippen molar-refractivity contribution < 1.29 is 17.2 Å². The van der Waals surface area contributed by atoms with E-state index in [0.717, 1.165) is 36.4 Å². The van der Waals surface area contributed by atoms with Crippen LogP contribution >= 0.6 is 15.9 Å². The van der Waals surface area contributed by atoms with Gasteiger partial charge in [-0.3, -0.25) is 4.72 Å². The van der Waals surface area contributed by atoms with E-state index < -0.39 is 21.7 Å². The molecule has 4 nitrogen and oxygen atoms in total. The molecular formula is C13H7BrF2N2O2S. The molecule has 0 fully saturated rings. The van der Waals surface area contributed by atoms with E-state index in [-0.39, 0.29) is 20.6 Å². The van der Waals surface area contributed by atoms with Crippen molar-refractivity contribution in [2.45, 2.75) is 4.90 Å². The lowest BCUT2D eigenvalue weighted by Gasteiger charge is -2.11. The molecule has 2 rings (SSSR count). The third-order valence-corrected chi connectivity index (χ3v) is 4.87. The summed E-state index contributed by atoms with van der Waals surface area (Å²) in [6.07, 6.45) is 0. The standard InChI is InChI=1S/C13H7BrF2N2O2S/c14-11-6-10(16)2-4-13(11)21(19,20)18-12-3-1-9(15)5-8(12)7-17/h1-6,18H. The van der Waals surface area contributed by atoms with Gasteiger partial charge in [0.25, 0.3) is 10.0 Å². The van der Waals surface area contributed by atoms with Gasteiger partial charge in [0.05, 0.1) is 11.3 Å². The Morgan fingerprint density at radius 2 is 1.71 bits per heavy atom. The monoisotopic (exact) mass is 372 g/mol. The first kappa shape index (κ1) is 15.4. The minimum atomic E-state index is -4.04. The number of anilines is 1. The summed E-state index contributed by atoms with van der Waals surface area (Å²) in [5.41, 5.74) is -0.216. The van der Waals surface area contributed by atoms with Crippen molar-refractivity contribution in [3.8, 4) is 6.07 Å². The van der Waals surface area contributed by atoms with Gasteiger partial charge >= 0.3 is 0 Å². The zero-order valence-corrected chi connectivity index (χ0v) is 12.7. The molecule has 0 aliphatic rings. The van der Waals surface area contributed by atoms with Gasteiger partial charge in [-0.15, -0.1) is 0 Å². The van der Waals surface area contributed by atoms with Crippen LogP contribution in [-0.2, 0) is 10.0 Å². The summed E-state index contributed by atoms with van der Waals surface area (Å²) in [7, 11) is -4.04. The Bertz CT molecular complexity index is 848. The second-order valence-electron chi connectivity index (χ2n) is 3.98. The number of sulfonamides is 1. The predicted octanol–water partition coefficient (Wildman–Crippen LogP) is 3.40. The van der Waals surface area contributed by atoms with Gasteiger partial charge in [0.1, 0.15) is 22.6 Å². The van der Waals surface area contributed by atoms with Crippen molar-refractivity contribution in [3.63, 3.8) is 0 Å². The molecule has 8 heteroatoms. The van der Waals surface area contributed by atoms with Crippen molar-refractivity contribution in [1.82, 2.24) is 0 Å². The summed E-state index contributed by atoms with van der Waals surface area (Å²) in [6.45, 7) is 0. The number of benzene rings is 2. The van der Waals surface area contributed by atoms with Crippen LogP contribution in [0.25, 0.3) is 0 Å². The van der Waals surface area contributed by atoms with Crippen molar-refractivity contribution in [3.05, 3.63) is 58.1 Å². The SMILES string of the molecule is N#Cc1cc(F)ccc1NS(=O)(=O)c1ccc(F)cc1Br. The molecule has 0 bridgehead atoms. The molecule has 0 aliphatic carbocycles. The van der Waals surface area contributed by atoms with Crippen molar-refractivity contribution in [1.29, 1.82) is 5.26 Å². The maximum atomic E-state index is 13.0. The Kier molecular flexibility index (Phi) is 4.25. The largest absolute Gasteiger partial charge is 0.278 e. The molecule has 0 saturated heterocycles. The first-order valence-corrected chi connectivity index (χ1v) is 7.78. The number of hydrogen-bond acceptors (Lipinski definition) is 3. The van der Waals surface area contributed by atoms with Gasteiger partial charge in [0.2, 0.25) is 0 Å². The fraction of sp³-hybridized carbons (Fsp3) is 0. The molecule has 0 radical (unpaired) electrons. The van der Waals surface area contributed by atoms with Crippen molar-refractivity contribution in [2.75, 3.05) is 4.72 Å². The molecule has 0 unspecified atom stereocenters. The van der Waals surface area contributed by atoms with Crippen LogP contribution in [0.3, 0.4) is 0 Å². The Morgan fingerprint density at radius 3 is 2.33 bits per heavy atom. The first-order valence-electron chi connectivity index (χ1n) is 5.51. The van der Waals surface area contributed by atoms with Gasteiger partial charge in [-0.1, -0.05) is 0 Å². The van der Waals surface area contributed by atoms with E-state index >= 15 is 0 Å². The number of halogens is 3. The minimum Gasteiger partial charge on any atom is -0.278 e. The van der Waals surface area contributed by atoms with E-state index in [4.69, 9.17) is 5.26 Å².